The van der Waals surface area contributed by atoms with E-state index in [2.05, 4.69) is 65.9 Å². The van der Waals surface area contributed by atoms with Gasteiger partial charge < -0.3 is 15.3 Å². The van der Waals surface area contributed by atoms with Gasteiger partial charge in [0, 0.05) is 6.42 Å². The second kappa shape index (κ2) is 39.3. The van der Waals surface area contributed by atoms with Crippen LogP contribution in [0.1, 0.15) is 161 Å². The fourth-order valence-corrected chi connectivity index (χ4v) is 5.17. The zero-order valence-corrected chi connectivity index (χ0v) is 30.7. The molecule has 0 saturated heterocycles. The predicted octanol–water partition coefficient (Wildman–Crippen LogP) is 10.9. The summed E-state index contributed by atoms with van der Waals surface area (Å²) >= 11 is 0. The van der Waals surface area contributed by atoms with E-state index in [-0.39, 0.29) is 0 Å². The number of aliphatic hydroxyl groups excluding tert-OH is 3. The average molecular weight is 669 g/mol. The second-order valence-corrected chi connectivity index (χ2v) is 12.7. The highest BCUT2D eigenvalue weighted by Gasteiger charge is 1.95. The van der Waals surface area contributed by atoms with Crippen LogP contribution in [-0.2, 0) is 0 Å². The van der Waals surface area contributed by atoms with Crippen LogP contribution in [0.5, 0.6) is 0 Å². The maximum Gasteiger partial charge on any atom is 0.176 e. The molecule has 0 radical (unpaired) electrons. The van der Waals surface area contributed by atoms with Crippen molar-refractivity contribution in [2.45, 2.75) is 179 Å². The summed E-state index contributed by atoms with van der Waals surface area (Å²) in [5, 5.41) is 28.4. The fraction of sp³-hybridized carbons (Fsp3) is 0.609. The third kappa shape index (κ3) is 39.1. The van der Waals surface area contributed by atoms with Crippen molar-refractivity contribution in [3.8, 4) is 48.4 Å². The normalized spacial score (nSPS) is 13.4. The number of rotatable bonds is 30. The number of hydrogen-bond acceptors (Lipinski definition) is 3. The molecule has 3 atom stereocenters. The van der Waals surface area contributed by atoms with Gasteiger partial charge in [0.25, 0.3) is 0 Å². The lowest BCUT2D eigenvalue weighted by Crippen LogP contribution is -1.97. The van der Waals surface area contributed by atoms with E-state index in [4.69, 9.17) is 12.8 Å². The first-order valence-electron chi connectivity index (χ1n) is 19.3. The number of unbranched alkanes of at least 4 members (excludes halogenated alkanes) is 21. The van der Waals surface area contributed by atoms with Crippen LogP contribution in [0, 0.1) is 48.4 Å². The average Bonchev–Trinajstić information content (AvgIpc) is 3.11. The number of allylic oxidation sites excluding steroid dienone is 8. The molecule has 0 saturated carbocycles. The Morgan fingerprint density at radius 3 is 1.22 bits per heavy atom. The molecule has 0 spiro atoms. The molecule has 0 fully saturated rings. The summed E-state index contributed by atoms with van der Waals surface area (Å²) in [5.41, 5.74) is 0. The summed E-state index contributed by atoms with van der Waals surface area (Å²) in [4.78, 5) is 0. The lowest BCUT2D eigenvalue weighted by molar-refractivity contribution is 0.280. The zero-order chi connectivity index (χ0) is 35.7. The van der Waals surface area contributed by atoms with E-state index in [0.717, 1.165) is 64.2 Å². The molecule has 0 amide bonds. The molecule has 0 heterocycles. The van der Waals surface area contributed by atoms with Crippen molar-refractivity contribution >= 4 is 0 Å². The highest BCUT2D eigenvalue weighted by Crippen LogP contribution is 2.13. The van der Waals surface area contributed by atoms with Gasteiger partial charge in [-0.15, -0.1) is 12.8 Å². The van der Waals surface area contributed by atoms with E-state index in [1.807, 2.05) is 18.2 Å². The van der Waals surface area contributed by atoms with Crippen molar-refractivity contribution in [3.63, 3.8) is 0 Å². The zero-order valence-electron chi connectivity index (χ0n) is 30.7. The molecule has 0 aliphatic rings. The van der Waals surface area contributed by atoms with Crippen LogP contribution < -0.4 is 0 Å². The molecule has 270 valence electrons. The molecular weight excluding hydrogens is 601 g/mol. The molecule has 3 nitrogen and oxygen atoms in total. The molecule has 0 aliphatic heterocycles. The van der Waals surface area contributed by atoms with Gasteiger partial charge in [0.15, 0.2) is 6.10 Å². The van der Waals surface area contributed by atoms with Crippen LogP contribution in [0.2, 0.25) is 0 Å². The summed E-state index contributed by atoms with van der Waals surface area (Å²) in [6, 6.07) is 0. The molecule has 3 N–H and O–H groups in total. The summed E-state index contributed by atoms with van der Waals surface area (Å²) < 4.78 is 0. The fourth-order valence-electron chi connectivity index (χ4n) is 5.17. The first-order chi connectivity index (χ1) is 24.1. The van der Waals surface area contributed by atoms with E-state index in [9.17, 15) is 15.3 Å². The van der Waals surface area contributed by atoms with Gasteiger partial charge in [0.1, 0.15) is 12.2 Å². The molecule has 0 aromatic carbocycles. The minimum atomic E-state index is -0.874. The number of aliphatic hydroxyl groups is 3. The molecular formula is C46H68O3. The van der Waals surface area contributed by atoms with Crippen LogP contribution in [0.4, 0.5) is 0 Å². The van der Waals surface area contributed by atoms with Crippen LogP contribution in [0.15, 0.2) is 60.8 Å². The monoisotopic (exact) mass is 669 g/mol. The van der Waals surface area contributed by atoms with Gasteiger partial charge in [0.2, 0.25) is 0 Å². The van der Waals surface area contributed by atoms with Gasteiger partial charge in [-0.05, 0) is 102 Å². The van der Waals surface area contributed by atoms with Gasteiger partial charge in [-0.2, -0.15) is 0 Å². The topological polar surface area (TPSA) is 60.7 Å². The maximum absolute atomic E-state index is 9.93. The number of hydrogen-bond donors (Lipinski definition) is 3. The minimum Gasteiger partial charge on any atom is -0.377 e. The first kappa shape index (κ1) is 45.8. The molecule has 0 unspecified atom stereocenters. The van der Waals surface area contributed by atoms with E-state index in [0.29, 0.717) is 0 Å². The Bertz CT molecular complexity index is 1100. The predicted molar refractivity (Wildman–Crippen MR) is 212 cm³/mol. The van der Waals surface area contributed by atoms with Crippen molar-refractivity contribution in [1.29, 1.82) is 0 Å². The molecule has 0 aliphatic carbocycles. The third-order valence-electron chi connectivity index (χ3n) is 8.13. The smallest absolute Gasteiger partial charge is 0.176 e. The lowest BCUT2D eigenvalue weighted by atomic mass is 10.0. The Morgan fingerprint density at radius 2 is 0.776 bits per heavy atom. The van der Waals surface area contributed by atoms with Crippen LogP contribution >= 0.6 is 0 Å². The van der Waals surface area contributed by atoms with Crippen molar-refractivity contribution in [3.05, 3.63) is 60.8 Å². The van der Waals surface area contributed by atoms with Gasteiger partial charge in [-0.3, -0.25) is 0 Å². The Morgan fingerprint density at radius 1 is 0.408 bits per heavy atom. The summed E-state index contributed by atoms with van der Waals surface area (Å²) in [7, 11) is 0. The Kier molecular flexibility index (Phi) is 36.7. The molecule has 49 heavy (non-hydrogen) atoms. The standard InChI is InChI=1S/C46H68O3/c1-3-44(47)40-36-32-28-24-20-16-12-10-8-6-5-7-9-11-13-18-22-26-30-34-38-42-46(49)43-39-35-31-27-23-19-15-14-17-21-25-29-33-37-41-45(48)4-2/h1-2,13,15,18-19,30,34,36-37,40-41,44-49H,5-12,14,16-17,20-29,31-33,35H2/b18-13-,19-15-,34-30+,40-36+,41-37+/t44-,45-,46-/m1/s1. The van der Waals surface area contributed by atoms with Gasteiger partial charge in [0.05, 0.1) is 0 Å². The highest BCUT2D eigenvalue weighted by molar-refractivity contribution is 5.24. The largest absolute Gasteiger partial charge is 0.377 e. The first-order valence-corrected chi connectivity index (χ1v) is 19.3. The Hall–Kier alpha value is -3.18. The van der Waals surface area contributed by atoms with Gasteiger partial charge in [-0.1, -0.05) is 149 Å². The lowest BCUT2D eigenvalue weighted by Gasteiger charge is -2.02. The van der Waals surface area contributed by atoms with Crippen molar-refractivity contribution in [2.75, 3.05) is 0 Å². The minimum absolute atomic E-state index is 0.730. The quantitative estimate of drug-likeness (QED) is 0.0406. The molecule has 0 bridgehead atoms. The maximum atomic E-state index is 9.93. The Balaban J connectivity index is 3.52. The number of terminal acetylenes is 2. The summed E-state index contributed by atoms with van der Waals surface area (Å²) in [6.07, 6.45) is 57.9. The van der Waals surface area contributed by atoms with E-state index >= 15 is 0 Å². The second-order valence-electron chi connectivity index (χ2n) is 12.7. The highest BCUT2D eigenvalue weighted by atomic mass is 16.3. The molecule has 0 rings (SSSR count). The summed E-state index contributed by atoms with van der Waals surface area (Å²) in [6.45, 7) is 0. The molecule has 0 aromatic rings. The van der Waals surface area contributed by atoms with Crippen LogP contribution in [-0.4, -0.2) is 33.6 Å². The molecule has 3 heteroatoms. The van der Waals surface area contributed by atoms with Crippen molar-refractivity contribution in [1.82, 2.24) is 0 Å². The van der Waals surface area contributed by atoms with Crippen LogP contribution in [0.25, 0.3) is 0 Å². The van der Waals surface area contributed by atoms with E-state index in [1.54, 1.807) is 12.2 Å². The molecule has 0 aromatic heterocycles. The van der Waals surface area contributed by atoms with E-state index in [1.165, 1.54) is 96.3 Å². The van der Waals surface area contributed by atoms with E-state index < -0.39 is 18.3 Å². The van der Waals surface area contributed by atoms with Gasteiger partial charge >= 0.3 is 0 Å². The van der Waals surface area contributed by atoms with Crippen molar-refractivity contribution in [2.24, 2.45) is 0 Å². The summed E-state index contributed by atoms with van der Waals surface area (Å²) in [5.74, 6) is 16.2. The SMILES string of the molecule is C#C[C@@H](O)/C=C/CCCCCC/C=C\CCCCC#C[C@H](O)C#C/C=C/CC/C=C\CCCCCCCCCCCCC/C=C/[C@H](O)C#C. The van der Waals surface area contributed by atoms with Crippen LogP contribution in [0.3, 0.4) is 0 Å². The third-order valence-corrected chi connectivity index (χ3v) is 8.13. The van der Waals surface area contributed by atoms with Crippen molar-refractivity contribution < 1.29 is 15.3 Å². The van der Waals surface area contributed by atoms with Gasteiger partial charge in [-0.25, -0.2) is 0 Å². The Labute approximate surface area is 302 Å².